The highest BCUT2D eigenvalue weighted by atomic mass is 79.9. The summed E-state index contributed by atoms with van der Waals surface area (Å²) >= 11 is 8.72. The molecule has 1 aromatic heterocycles. The van der Waals surface area contributed by atoms with Crippen LogP contribution in [-0.4, -0.2) is 11.5 Å². The fraction of sp³-hybridized carbons (Fsp3) is 0.308. The van der Waals surface area contributed by atoms with Crippen molar-refractivity contribution in [3.63, 3.8) is 0 Å². The molecule has 2 aromatic rings. The highest BCUT2D eigenvalue weighted by molar-refractivity contribution is 9.11. The molecule has 1 heterocycles. The lowest BCUT2D eigenvalue weighted by Crippen LogP contribution is -2.03. The minimum absolute atomic E-state index is 0.527. The predicted octanol–water partition coefficient (Wildman–Crippen LogP) is 4.06. The van der Waals surface area contributed by atoms with E-state index in [9.17, 15) is 0 Å². The molecule has 19 heavy (non-hydrogen) atoms. The van der Waals surface area contributed by atoms with E-state index in [4.69, 9.17) is 10.5 Å². The van der Waals surface area contributed by atoms with Crippen LogP contribution in [0.3, 0.4) is 0 Å². The summed E-state index contributed by atoms with van der Waals surface area (Å²) < 4.78 is 7.72. The van der Waals surface area contributed by atoms with E-state index in [1.165, 1.54) is 5.56 Å². The molecular weight excluding hydrogens is 392 g/mol. The molecule has 0 saturated heterocycles. The van der Waals surface area contributed by atoms with Gasteiger partial charge < -0.3 is 10.5 Å². The summed E-state index contributed by atoms with van der Waals surface area (Å²) in [6.07, 6.45) is 2.70. The van der Waals surface area contributed by atoms with Gasteiger partial charge in [-0.1, -0.05) is 0 Å². The number of ether oxygens (including phenoxy) is 1. The van der Waals surface area contributed by atoms with Gasteiger partial charge in [-0.05, 0) is 69.4 Å². The van der Waals surface area contributed by atoms with Gasteiger partial charge in [0.15, 0.2) is 0 Å². The van der Waals surface area contributed by atoms with E-state index < -0.39 is 0 Å². The minimum atomic E-state index is 0.527. The van der Waals surface area contributed by atoms with E-state index >= 15 is 0 Å². The number of hydrogen-bond acceptors (Lipinski definition) is 4. The van der Waals surface area contributed by atoms with Crippen molar-refractivity contribution in [1.82, 2.24) is 4.98 Å². The zero-order valence-electron chi connectivity index (χ0n) is 10.5. The first kappa shape index (κ1) is 15.0. The quantitative estimate of drug-likeness (QED) is 0.815. The Morgan fingerprint density at radius 2 is 2.00 bits per heavy atom. The summed E-state index contributed by atoms with van der Waals surface area (Å²) in [5.41, 5.74) is 6.75. The lowest BCUT2D eigenvalue weighted by Gasteiger charge is -2.11. The molecule has 2 N–H and O–H groups in total. The Morgan fingerprint density at radius 3 is 2.53 bits per heavy atom. The third-order valence-corrected chi connectivity index (χ3v) is 4.58. The Kier molecular flexibility index (Phi) is 5.38. The molecule has 0 saturated carbocycles. The van der Waals surface area contributed by atoms with Crippen LogP contribution in [0.1, 0.15) is 15.4 Å². The summed E-state index contributed by atoms with van der Waals surface area (Å²) in [5.74, 6) is 0.812. The van der Waals surface area contributed by atoms with Crippen molar-refractivity contribution < 1.29 is 4.74 Å². The molecule has 0 aliphatic rings. The number of nitrogens with zero attached hydrogens (tertiary/aromatic N) is 1. The average Bonchev–Trinajstić information content (AvgIpc) is 2.74. The fourth-order valence-electron chi connectivity index (χ4n) is 1.68. The molecular formula is C13H14Br2N2OS. The van der Waals surface area contributed by atoms with Crippen LogP contribution in [-0.2, 0) is 13.0 Å². The van der Waals surface area contributed by atoms with E-state index in [-0.39, 0.29) is 0 Å². The highest BCUT2D eigenvalue weighted by Gasteiger charge is 2.10. The predicted molar refractivity (Wildman–Crippen MR) is 85.8 cm³/mol. The van der Waals surface area contributed by atoms with E-state index in [1.807, 2.05) is 25.3 Å². The largest absolute Gasteiger partial charge is 0.486 e. The van der Waals surface area contributed by atoms with Crippen LogP contribution in [0, 0.1) is 6.92 Å². The van der Waals surface area contributed by atoms with Crippen molar-refractivity contribution in [2.45, 2.75) is 20.0 Å². The van der Waals surface area contributed by atoms with Crippen molar-refractivity contribution in [2.24, 2.45) is 5.73 Å². The molecule has 1 aromatic carbocycles. The maximum Gasteiger partial charge on any atom is 0.148 e. The Labute approximate surface area is 133 Å². The van der Waals surface area contributed by atoms with Gasteiger partial charge in [0.05, 0.1) is 18.8 Å². The SMILES string of the molecule is Cc1ncc(COc2c(Br)cc(CCN)cc2Br)s1. The third kappa shape index (κ3) is 4.02. The number of benzene rings is 1. The lowest BCUT2D eigenvalue weighted by atomic mass is 10.1. The van der Waals surface area contributed by atoms with Crippen molar-refractivity contribution in [3.05, 3.63) is 42.7 Å². The summed E-state index contributed by atoms with van der Waals surface area (Å²) in [7, 11) is 0. The van der Waals surface area contributed by atoms with Gasteiger partial charge in [0.1, 0.15) is 12.4 Å². The number of nitrogens with two attached hydrogens (primary N) is 1. The third-order valence-electron chi connectivity index (χ3n) is 2.52. The standard InChI is InChI=1S/C13H14Br2N2OS/c1-8-17-6-10(19-8)7-18-13-11(14)4-9(2-3-16)5-12(13)15/h4-6H,2-3,7,16H2,1H3. The maximum atomic E-state index is 5.85. The number of hydrogen-bond donors (Lipinski definition) is 1. The second kappa shape index (κ2) is 6.83. The molecule has 0 aliphatic carbocycles. The second-order valence-electron chi connectivity index (χ2n) is 4.06. The number of aromatic nitrogens is 1. The van der Waals surface area contributed by atoms with E-state index in [0.717, 1.165) is 31.0 Å². The monoisotopic (exact) mass is 404 g/mol. The van der Waals surface area contributed by atoms with Gasteiger partial charge in [-0.2, -0.15) is 0 Å². The Balaban J connectivity index is 2.11. The van der Waals surface area contributed by atoms with Gasteiger partial charge in [-0.25, -0.2) is 4.98 Å². The molecule has 0 bridgehead atoms. The molecule has 0 amide bonds. The normalized spacial score (nSPS) is 10.7. The Bertz CT molecular complexity index is 549. The molecule has 0 atom stereocenters. The second-order valence-corrected chi connectivity index (χ2v) is 7.09. The smallest absolute Gasteiger partial charge is 0.148 e. The average molecular weight is 406 g/mol. The number of aryl methyl sites for hydroxylation is 1. The molecule has 3 nitrogen and oxygen atoms in total. The zero-order chi connectivity index (χ0) is 13.8. The lowest BCUT2D eigenvalue weighted by molar-refractivity contribution is 0.305. The number of rotatable bonds is 5. The van der Waals surface area contributed by atoms with Crippen molar-refractivity contribution in [1.29, 1.82) is 0 Å². The van der Waals surface area contributed by atoms with Gasteiger partial charge in [0.25, 0.3) is 0 Å². The maximum absolute atomic E-state index is 5.85. The van der Waals surface area contributed by atoms with E-state index in [2.05, 4.69) is 36.8 Å². The molecule has 2 rings (SSSR count). The first-order chi connectivity index (χ1) is 9.10. The first-order valence-corrected chi connectivity index (χ1v) is 8.22. The summed E-state index contributed by atoms with van der Waals surface area (Å²) in [6, 6.07) is 4.09. The van der Waals surface area contributed by atoms with Gasteiger partial charge in [-0.15, -0.1) is 11.3 Å². The van der Waals surface area contributed by atoms with Crippen LogP contribution < -0.4 is 10.5 Å². The number of thiazole rings is 1. The van der Waals surface area contributed by atoms with Gasteiger partial charge in [0.2, 0.25) is 0 Å². The number of halogens is 2. The van der Waals surface area contributed by atoms with Crippen LogP contribution in [0.15, 0.2) is 27.3 Å². The van der Waals surface area contributed by atoms with Gasteiger partial charge in [0, 0.05) is 6.20 Å². The van der Waals surface area contributed by atoms with Crippen LogP contribution in [0.5, 0.6) is 5.75 Å². The fourth-order valence-corrected chi connectivity index (χ4v) is 3.89. The van der Waals surface area contributed by atoms with Crippen molar-refractivity contribution in [2.75, 3.05) is 6.54 Å². The van der Waals surface area contributed by atoms with Crippen LogP contribution >= 0.6 is 43.2 Å². The first-order valence-electron chi connectivity index (χ1n) is 5.82. The van der Waals surface area contributed by atoms with Crippen LogP contribution in [0.25, 0.3) is 0 Å². The summed E-state index contributed by atoms with van der Waals surface area (Å²) in [5, 5.41) is 1.05. The summed E-state index contributed by atoms with van der Waals surface area (Å²) in [6.45, 7) is 3.15. The van der Waals surface area contributed by atoms with Gasteiger partial charge >= 0.3 is 0 Å². The van der Waals surface area contributed by atoms with Crippen molar-refractivity contribution >= 4 is 43.2 Å². The van der Waals surface area contributed by atoms with Crippen molar-refractivity contribution in [3.8, 4) is 5.75 Å². The van der Waals surface area contributed by atoms with Gasteiger partial charge in [-0.3, -0.25) is 0 Å². The minimum Gasteiger partial charge on any atom is -0.486 e. The molecule has 0 fully saturated rings. The van der Waals surface area contributed by atoms with Crippen LogP contribution in [0.4, 0.5) is 0 Å². The van der Waals surface area contributed by atoms with Crippen LogP contribution in [0.2, 0.25) is 0 Å². The Morgan fingerprint density at radius 1 is 1.32 bits per heavy atom. The summed E-state index contributed by atoms with van der Waals surface area (Å²) in [4.78, 5) is 5.33. The molecule has 0 unspecified atom stereocenters. The molecule has 0 spiro atoms. The topological polar surface area (TPSA) is 48.1 Å². The molecule has 6 heteroatoms. The van der Waals surface area contributed by atoms with E-state index in [1.54, 1.807) is 11.3 Å². The highest BCUT2D eigenvalue weighted by Crippen LogP contribution is 2.35. The van der Waals surface area contributed by atoms with E-state index in [0.29, 0.717) is 13.2 Å². The zero-order valence-corrected chi connectivity index (χ0v) is 14.4. The Hall–Kier alpha value is -0.430. The molecule has 0 radical (unpaired) electrons. The molecule has 102 valence electrons. The molecule has 0 aliphatic heterocycles.